The van der Waals surface area contributed by atoms with Gasteiger partial charge in [-0.15, -0.1) is 0 Å². The summed E-state index contributed by atoms with van der Waals surface area (Å²) in [7, 11) is 0. The number of Topliss-reactive ketones (excluding diaryl/α,β-unsaturated/α-hetero) is 1. The van der Waals surface area contributed by atoms with Crippen LogP contribution in [-0.2, 0) is 13.1 Å². The van der Waals surface area contributed by atoms with E-state index in [0.29, 0.717) is 30.0 Å². The van der Waals surface area contributed by atoms with E-state index in [0.717, 1.165) is 49.2 Å². The van der Waals surface area contributed by atoms with Crippen LogP contribution in [0.4, 0.5) is 0 Å². The molecule has 2 aromatic carbocycles. The van der Waals surface area contributed by atoms with E-state index in [4.69, 9.17) is 9.84 Å². The third-order valence-electron chi connectivity index (χ3n) is 6.75. The Labute approximate surface area is 193 Å². The Morgan fingerprint density at radius 3 is 2.73 bits per heavy atom. The number of ether oxygens (including phenoxy) is 1. The smallest absolute Gasteiger partial charge is 0.231 e. The number of rotatable bonds is 6. The third-order valence-corrected chi connectivity index (χ3v) is 6.75. The molecule has 33 heavy (non-hydrogen) atoms. The number of para-hydroxylation sites is 1. The molecule has 5 rings (SSSR count). The quantitative estimate of drug-likeness (QED) is 0.552. The number of benzene rings is 2. The minimum atomic E-state index is -0.178. The van der Waals surface area contributed by atoms with E-state index < -0.39 is 0 Å². The van der Waals surface area contributed by atoms with Crippen molar-refractivity contribution in [3.63, 3.8) is 0 Å². The predicted molar refractivity (Wildman–Crippen MR) is 124 cm³/mol. The zero-order valence-electron chi connectivity index (χ0n) is 18.8. The van der Waals surface area contributed by atoms with Crippen LogP contribution >= 0.6 is 0 Å². The van der Waals surface area contributed by atoms with E-state index in [-0.39, 0.29) is 23.9 Å². The van der Waals surface area contributed by atoms with Crippen molar-refractivity contribution >= 4 is 22.8 Å². The molecule has 2 aliphatic heterocycles. The van der Waals surface area contributed by atoms with Crippen LogP contribution in [-0.4, -0.2) is 59.7 Å². The van der Waals surface area contributed by atoms with Gasteiger partial charge in [-0.05, 0) is 25.1 Å². The molecule has 0 spiro atoms. The Bertz CT molecular complexity index is 1220. The highest BCUT2D eigenvalue weighted by atomic mass is 16.5. The van der Waals surface area contributed by atoms with E-state index in [1.54, 1.807) is 12.1 Å². The minimum Gasteiger partial charge on any atom is -0.872 e. The van der Waals surface area contributed by atoms with E-state index in [2.05, 4.69) is 22.5 Å². The number of carbonyl (C=O) groups excluding carboxylic acids is 1. The van der Waals surface area contributed by atoms with Crippen molar-refractivity contribution in [2.45, 2.75) is 20.0 Å². The Kier molecular flexibility index (Phi) is 5.93. The molecule has 0 radical (unpaired) electrons. The molecule has 0 aliphatic carbocycles. The monoisotopic (exact) mass is 447 g/mol. The second kappa shape index (κ2) is 9.02. The van der Waals surface area contributed by atoms with Crippen molar-refractivity contribution in [2.75, 3.05) is 39.3 Å². The molecule has 1 saturated heterocycles. The average molecular weight is 448 g/mol. The van der Waals surface area contributed by atoms with Crippen LogP contribution in [0.2, 0.25) is 0 Å². The Morgan fingerprint density at radius 1 is 1.18 bits per heavy atom. The largest absolute Gasteiger partial charge is 0.872 e. The number of aliphatic hydroxyl groups is 1. The van der Waals surface area contributed by atoms with E-state index in [1.807, 2.05) is 24.4 Å². The molecule has 3 heterocycles. The van der Waals surface area contributed by atoms with Gasteiger partial charge in [0.1, 0.15) is 12.3 Å². The van der Waals surface area contributed by atoms with Gasteiger partial charge in [-0.25, -0.2) is 0 Å². The minimum absolute atomic E-state index is 0.0873. The van der Waals surface area contributed by atoms with Gasteiger partial charge in [0.05, 0.1) is 25.3 Å². The van der Waals surface area contributed by atoms with Crippen LogP contribution in [0, 0.1) is 0 Å². The number of hydrogen-bond acceptors (Lipinski definition) is 5. The second-order valence-corrected chi connectivity index (χ2v) is 8.74. The van der Waals surface area contributed by atoms with Gasteiger partial charge in [-0.2, -0.15) is 0 Å². The number of allylic oxidation sites excluding steroid dienone is 1. The summed E-state index contributed by atoms with van der Waals surface area (Å²) in [4.78, 5) is 16.7. The van der Waals surface area contributed by atoms with Gasteiger partial charge in [0.25, 0.3) is 0 Å². The first kappa shape index (κ1) is 21.7. The molecule has 0 amide bonds. The highest BCUT2D eigenvalue weighted by Crippen LogP contribution is 2.38. The van der Waals surface area contributed by atoms with Crippen LogP contribution in [0.15, 0.2) is 48.4 Å². The van der Waals surface area contributed by atoms with Gasteiger partial charge in [0.15, 0.2) is 5.76 Å². The molecule has 7 heteroatoms. The lowest BCUT2D eigenvalue weighted by molar-refractivity contribution is -0.918. The molecule has 0 atom stereocenters. The summed E-state index contributed by atoms with van der Waals surface area (Å²) in [5.41, 5.74) is 3.08. The van der Waals surface area contributed by atoms with Gasteiger partial charge < -0.3 is 24.4 Å². The molecular weight excluding hydrogens is 418 g/mol. The summed E-state index contributed by atoms with van der Waals surface area (Å²) in [6.45, 7) is 7.82. The van der Waals surface area contributed by atoms with Crippen molar-refractivity contribution in [3.05, 3.63) is 65.0 Å². The molecule has 0 bridgehead atoms. The number of carbonyl (C=O) groups is 1. The van der Waals surface area contributed by atoms with Crippen molar-refractivity contribution in [1.29, 1.82) is 0 Å². The number of ketones is 1. The summed E-state index contributed by atoms with van der Waals surface area (Å²) in [5, 5.41) is 22.9. The van der Waals surface area contributed by atoms with Gasteiger partial charge in [-0.3, -0.25) is 9.69 Å². The standard InChI is InChI=1S/C26H29N3O4/c1-2-29-16-18(19-5-3-4-6-22(19)29)15-24-25(32)20-7-8-23(31)21(26(20)33-24)17-28-11-9-27(10-12-28)13-14-30/h3-8,15-16,30-31H,2,9-14,17H2,1H3/b24-15+. The highest BCUT2D eigenvalue weighted by Gasteiger charge is 2.32. The average Bonchev–Trinajstić information content (AvgIpc) is 3.35. The summed E-state index contributed by atoms with van der Waals surface area (Å²) in [5.74, 6) is 0.417. The summed E-state index contributed by atoms with van der Waals surface area (Å²) in [6, 6.07) is 11.2. The van der Waals surface area contributed by atoms with Crippen molar-refractivity contribution in [3.8, 4) is 11.5 Å². The number of aryl methyl sites for hydroxylation is 1. The first-order valence-corrected chi connectivity index (χ1v) is 11.6. The molecule has 1 aromatic heterocycles. The molecule has 0 unspecified atom stereocenters. The van der Waals surface area contributed by atoms with E-state index in [1.165, 1.54) is 11.0 Å². The lowest BCUT2D eigenvalue weighted by Crippen LogP contribution is -3.13. The highest BCUT2D eigenvalue weighted by molar-refractivity contribution is 6.15. The van der Waals surface area contributed by atoms with Crippen LogP contribution in [0.25, 0.3) is 17.0 Å². The topological polar surface area (TPSA) is 82.2 Å². The Balaban J connectivity index is 1.42. The lowest BCUT2D eigenvalue weighted by Gasteiger charge is -2.32. The number of aliphatic hydroxyl groups excluding tert-OH is 1. The second-order valence-electron chi connectivity index (χ2n) is 8.74. The molecule has 7 nitrogen and oxygen atoms in total. The molecule has 0 saturated carbocycles. The van der Waals surface area contributed by atoms with Crippen LogP contribution in [0.3, 0.4) is 0 Å². The van der Waals surface area contributed by atoms with Crippen molar-refractivity contribution in [1.82, 2.24) is 9.47 Å². The zero-order chi connectivity index (χ0) is 22.9. The molecule has 1 fully saturated rings. The number of β-amino-alcohol motifs (C(OH)–C–C–N with tert-alkyl or cyclic N) is 1. The number of fused-ring (bicyclic) bond motifs is 2. The molecule has 2 aliphatic rings. The number of quaternary nitrogens is 1. The summed E-state index contributed by atoms with van der Waals surface area (Å²) < 4.78 is 8.22. The normalized spacial score (nSPS) is 18.2. The maximum atomic E-state index is 13.1. The van der Waals surface area contributed by atoms with Crippen molar-refractivity contribution in [2.24, 2.45) is 0 Å². The maximum absolute atomic E-state index is 13.1. The number of nitrogens with one attached hydrogen (secondary N) is 1. The first-order chi connectivity index (χ1) is 16.1. The number of piperazine rings is 1. The Hall–Kier alpha value is -3.13. The first-order valence-electron chi connectivity index (χ1n) is 11.6. The van der Waals surface area contributed by atoms with Crippen LogP contribution < -0.4 is 14.7 Å². The fourth-order valence-electron chi connectivity index (χ4n) is 4.91. The molecule has 2 N–H and O–H groups in total. The molecular formula is C26H29N3O4. The summed E-state index contributed by atoms with van der Waals surface area (Å²) >= 11 is 0. The van der Waals surface area contributed by atoms with E-state index >= 15 is 0 Å². The predicted octanol–water partition coefficient (Wildman–Crippen LogP) is 1.04. The number of hydrogen-bond donors (Lipinski definition) is 2. The van der Waals surface area contributed by atoms with Crippen LogP contribution in [0.5, 0.6) is 11.5 Å². The molecule has 172 valence electrons. The van der Waals surface area contributed by atoms with Gasteiger partial charge in [0.2, 0.25) is 5.78 Å². The number of aromatic nitrogens is 1. The summed E-state index contributed by atoms with van der Waals surface area (Å²) in [6.07, 6.45) is 3.83. The number of nitrogens with zero attached hydrogens (tertiary/aromatic N) is 2. The SMILES string of the molecule is CCn1cc(/C=C2/Oc3c(ccc([O-])c3C[NH+]3CCN(CCO)CC3)C2=O)c2ccccc21. The van der Waals surface area contributed by atoms with E-state index in [9.17, 15) is 9.90 Å². The van der Waals surface area contributed by atoms with Gasteiger partial charge >= 0.3 is 0 Å². The maximum Gasteiger partial charge on any atom is 0.231 e. The zero-order valence-corrected chi connectivity index (χ0v) is 18.8. The third kappa shape index (κ3) is 4.04. The Morgan fingerprint density at radius 2 is 1.97 bits per heavy atom. The van der Waals surface area contributed by atoms with Gasteiger partial charge in [-0.1, -0.05) is 30.0 Å². The van der Waals surface area contributed by atoms with Crippen LogP contribution in [0.1, 0.15) is 28.4 Å². The fourth-order valence-corrected chi connectivity index (χ4v) is 4.91. The van der Waals surface area contributed by atoms with Crippen molar-refractivity contribution < 1.29 is 24.6 Å². The lowest BCUT2D eigenvalue weighted by atomic mass is 10.0. The van der Waals surface area contributed by atoms with Gasteiger partial charge in [0, 0.05) is 54.4 Å². The fraction of sp³-hybridized carbons (Fsp3) is 0.346. The molecule has 3 aromatic rings.